The Balaban J connectivity index is 2.47. The molecule has 1 unspecified atom stereocenters. The number of carbonyl (C=O) groups is 1. The summed E-state index contributed by atoms with van der Waals surface area (Å²) in [6, 6.07) is 2.49. The van der Waals surface area contributed by atoms with E-state index in [2.05, 4.69) is 6.07 Å². The fourth-order valence-corrected chi connectivity index (χ4v) is 1.42. The minimum absolute atomic E-state index is 0.00634. The summed E-state index contributed by atoms with van der Waals surface area (Å²) < 4.78 is 0. The van der Waals surface area contributed by atoms with Gasteiger partial charge in [0.15, 0.2) is 0 Å². The summed E-state index contributed by atoms with van der Waals surface area (Å²) in [5.74, 6) is -0.414. The molecule has 0 heterocycles. The molecular weight excluding hydrogens is 164 g/mol. The van der Waals surface area contributed by atoms with E-state index in [9.17, 15) is 4.79 Å². The maximum absolute atomic E-state index is 11.6. The van der Waals surface area contributed by atoms with Crippen LogP contribution < -0.4 is 0 Å². The van der Waals surface area contributed by atoms with Crippen molar-refractivity contribution in [3.8, 4) is 6.07 Å². The molecule has 0 saturated heterocycles. The molecule has 13 heavy (non-hydrogen) atoms. The molecule has 1 aliphatic carbocycles. The van der Waals surface area contributed by atoms with E-state index in [1.165, 1.54) is 0 Å². The van der Waals surface area contributed by atoms with Gasteiger partial charge in [-0.15, -0.1) is 0 Å². The summed E-state index contributed by atoms with van der Waals surface area (Å²) >= 11 is 0. The normalized spacial score (nSPS) is 17.6. The van der Waals surface area contributed by atoms with Crippen molar-refractivity contribution < 1.29 is 4.79 Å². The number of hydrogen-bond acceptors (Lipinski definition) is 2. The molecule has 0 bridgehead atoms. The number of carbonyl (C=O) groups excluding carboxylic acids is 1. The zero-order valence-electron chi connectivity index (χ0n) is 8.29. The Morgan fingerprint density at radius 1 is 1.69 bits per heavy atom. The van der Waals surface area contributed by atoms with E-state index in [-0.39, 0.29) is 5.91 Å². The number of nitriles is 1. The van der Waals surface area contributed by atoms with E-state index < -0.39 is 5.92 Å². The van der Waals surface area contributed by atoms with Crippen molar-refractivity contribution in [2.75, 3.05) is 7.05 Å². The summed E-state index contributed by atoms with van der Waals surface area (Å²) in [6.45, 7) is 1.99. The first-order valence-corrected chi connectivity index (χ1v) is 4.87. The third kappa shape index (κ3) is 2.45. The van der Waals surface area contributed by atoms with Crippen LogP contribution >= 0.6 is 0 Å². The summed E-state index contributed by atoms with van der Waals surface area (Å²) in [6.07, 6.45) is 3.79. The highest BCUT2D eigenvalue weighted by atomic mass is 16.2. The maximum Gasteiger partial charge on any atom is 0.239 e. The fourth-order valence-electron chi connectivity index (χ4n) is 1.42. The molecule has 0 N–H and O–H groups in total. The lowest BCUT2D eigenvalue weighted by Gasteiger charge is -2.18. The zero-order valence-corrected chi connectivity index (χ0v) is 8.29. The van der Waals surface area contributed by atoms with Crippen molar-refractivity contribution in [2.45, 2.75) is 38.6 Å². The van der Waals surface area contributed by atoms with E-state index in [1.54, 1.807) is 11.9 Å². The van der Waals surface area contributed by atoms with Crippen LogP contribution in [0.25, 0.3) is 0 Å². The molecule has 0 spiro atoms. The van der Waals surface area contributed by atoms with Crippen molar-refractivity contribution in [2.24, 2.45) is 5.92 Å². The lowest BCUT2D eigenvalue weighted by molar-refractivity contribution is -0.133. The molecule has 0 aromatic rings. The Morgan fingerprint density at radius 3 is 2.69 bits per heavy atom. The molecule has 3 heteroatoms. The predicted molar refractivity (Wildman–Crippen MR) is 49.8 cm³/mol. The standard InChI is InChI=1S/C10H16N2O/c1-3-4-8(7-11)10(13)12(2)9-5-6-9/h8-9H,3-6H2,1-2H3. The quantitative estimate of drug-likeness (QED) is 0.658. The van der Waals surface area contributed by atoms with Gasteiger partial charge in [0.2, 0.25) is 5.91 Å². The summed E-state index contributed by atoms with van der Waals surface area (Å²) in [5.41, 5.74) is 0. The third-order valence-corrected chi connectivity index (χ3v) is 2.47. The number of nitrogens with zero attached hydrogens (tertiary/aromatic N) is 2. The van der Waals surface area contributed by atoms with Crippen LogP contribution in [0.3, 0.4) is 0 Å². The van der Waals surface area contributed by atoms with Gasteiger partial charge in [-0.2, -0.15) is 5.26 Å². The second-order valence-electron chi connectivity index (χ2n) is 3.65. The van der Waals surface area contributed by atoms with Crippen molar-refractivity contribution in [3.05, 3.63) is 0 Å². The Morgan fingerprint density at radius 2 is 2.31 bits per heavy atom. The molecule has 3 nitrogen and oxygen atoms in total. The monoisotopic (exact) mass is 180 g/mol. The first-order chi connectivity index (χ1) is 6.20. The van der Waals surface area contributed by atoms with Gasteiger partial charge >= 0.3 is 0 Å². The number of amides is 1. The topological polar surface area (TPSA) is 44.1 Å². The molecular formula is C10H16N2O. The van der Waals surface area contributed by atoms with Crippen LogP contribution in [0, 0.1) is 17.2 Å². The van der Waals surface area contributed by atoms with Crippen LogP contribution in [-0.2, 0) is 4.79 Å². The lowest BCUT2D eigenvalue weighted by Crippen LogP contribution is -2.33. The summed E-state index contributed by atoms with van der Waals surface area (Å²) in [4.78, 5) is 13.4. The van der Waals surface area contributed by atoms with Crippen LogP contribution in [0.5, 0.6) is 0 Å². The molecule has 0 aliphatic heterocycles. The average molecular weight is 180 g/mol. The van der Waals surface area contributed by atoms with Crippen LogP contribution in [-0.4, -0.2) is 23.9 Å². The van der Waals surface area contributed by atoms with Gasteiger partial charge in [-0.05, 0) is 19.3 Å². The minimum atomic E-state index is -0.421. The molecule has 1 amide bonds. The largest absolute Gasteiger partial charge is 0.342 e. The third-order valence-electron chi connectivity index (χ3n) is 2.47. The SMILES string of the molecule is CCCC(C#N)C(=O)N(C)C1CC1. The zero-order chi connectivity index (χ0) is 9.84. The van der Waals surface area contributed by atoms with Crippen LogP contribution in [0.2, 0.25) is 0 Å². The molecule has 0 aromatic carbocycles. The molecule has 1 atom stereocenters. The van der Waals surface area contributed by atoms with Gasteiger partial charge in [0, 0.05) is 13.1 Å². The van der Waals surface area contributed by atoms with Crippen molar-refractivity contribution in [3.63, 3.8) is 0 Å². The highest BCUT2D eigenvalue weighted by Gasteiger charge is 2.32. The first-order valence-electron chi connectivity index (χ1n) is 4.87. The summed E-state index contributed by atoms with van der Waals surface area (Å²) in [7, 11) is 1.81. The van der Waals surface area contributed by atoms with Crippen molar-refractivity contribution >= 4 is 5.91 Å². The molecule has 0 radical (unpaired) electrons. The van der Waals surface area contributed by atoms with E-state index in [0.717, 1.165) is 19.3 Å². The average Bonchev–Trinajstić information content (AvgIpc) is 2.95. The van der Waals surface area contributed by atoms with E-state index >= 15 is 0 Å². The minimum Gasteiger partial charge on any atom is -0.342 e. The Bertz CT molecular complexity index is 228. The van der Waals surface area contributed by atoms with Gasteiger partial charge in [0.1, 0.15) is 5.92 Å². The number of rotatable bonds is 4. The fraction of sp³-hybridized carbons (Fsp3) is 0.800. The predicted octanol–water partition coefficient (Wildman–Crippen LogP) is 1.55. The van der Waals surface area contributed by atoms with Gasteiger partial charge < -0.3 is 4.90 Å². The van der Waals surface area contributed by atoms with Gasteiger partial charge in [-0.25, -0.2) is 0 Å². The Hall–Kier alpha value is -1.04. The van der Waals surface area contributed by atoms with Gasteiger partial charge in [-0.3, -0.25) is 4.79 Å². The number of hydrogen-bond donors (Lipinski definition) is 0. The van der Waals surface area contributed by atoms with Crippen LogP contribution in [0.15, 0.2) is 0 Å². The molecule has 1 saturated carbocycles. The molecule has 1 aliphatic rings. The highest BCUT2D eigenvalue weighted by molar-refractivity contribution is 5.81. The van der Waals surface area contributed by atoms with E-state index in [0.29, 0.717) is 12.5 Å². The summed E-state index contributed by atoms with van der Waals surface area (Å²) in [5, 5.41) is 8.78. The second kappa shape index (κ2) is 4.27. The molecule has 1 rings (SSSR count). The van der Waals surface area contributed by atoms with E-state index in [4.69, 9.17) is 5.26 Å². The smallest absolute Gasteiger partial charge is 0.239 e. The lowest BCUT2D eigenvalue weighted by atomic mass is 10.0. The van der Waals surface area contributed by atoms with Gasteiger partial charge in [0.05, 0.1) is 6.07 Å². The van der Waals surface area contributed by atoms with Crippen molar-refractivity contribution in [1.29, 1.82) is 5.26 Å². The molecule has 72 valence electrons. The first kappa shape index (κ1) is 10.0. The van der Waals surface area contributed by atoms with Crippen molar-refractivity contribution in [1.82, 2.24) is 4.90 Å². The Labute approximate surface area is 79.3 Å². The van der Waals surface area contributed by atoms with Crippen LogP contribution in [0.4, 0.5) is 0 Å². The van der Waals surface area contributed by atoms with Gasteiger partial charge in [-0.1, -0.05) is 13.3 Å². The molecule has 0 aromatic heterocycles. The second-order valence-corrected chi connectivity index (χ2v) is 3.65. The van der Waals surface area contributed by atoms with Crippen LogP contribution in [0.1, 0.15) is 32.6 Å². The highest BCUT2D eigenvalue weighted by Crippen LogP contribution is 2.27. The Kier molecular flexibility index (Phi) is 3.30. The van der Waals surface area contributed by atoms with Gasteiger partial charge in [0.25, 0.3) is 0 Å². The van der Waals surface area contributed by atoms with E-state index in [1.807, 2.05) is 6.92 Å². The molecule has 1 fully saturated rings. The maximum atomic E-state index is 11.6.